The van der Waals surface area contributed by atoms with E-state index in [1.807, 2.05) is 0 Å². The Morgan fingerprint density at radius 3 is 2.50 bits per heavy atom. The van der Waals surface area contributed by atoms with E-state index in [9.17, 15) is 14.0 Å². The van der Waals surface area contributed by atoms with Gasteiger partial charge in [0, 0.05) is 10.6 Å². The van der Waals surface area contributed by atoms with Crippen molar-refractivity contribution in [1.29, 1.82) is 0 Å². The highest BCUT2D eigenvalue weighted by Gasteiger charge is 2.14. The number of carbonyl (C=O) groups is 2. The Morgan fingerprint density at radius 1 is 1.09 bits per heavy atom. The van der Waals surface area contributed by atoms with Gasteiger partial charge in [-0.2, -0.15) is 0 Å². The number of nitrogens with one attached hydrogen (secondary N) is 2. The molecule has 5 nitrogen and oxygen atoms in total. The van der Waals surface area contributed by atoms with E-state index < -0.39 is 17.6 Å². The summed E-state index contributed by atoms with van der Waals surface area (Å²) >= 11 is 5.81. The molecule has 0 aliphatic heterocycles. The van der Waals surface area contributed by atoms with Crippen molar-refractivity contribution in [2.45, 2.75) is 0 Å². The van der Waals surface area contributed by atoms with Crippen LogP contribution in [0.15, 0.2) is 42.5 Å². The Bertz CT molecular complexity index is 722. The minimum atomic E-state index is -0.638. The van der Waals surface area contributed by atoms with Crippen molar-refractivity contribution in [2.75, 3.05) is 7.11 Å². The predicted molar refractivity (Wildman–Crippen MR) is 79.3 cm³/mol. The van der Waals surface area contributed by atoms with E-state index in [1.54, 1.807) is 0 Å². The minimum Gasteiger partial charge on any atom is -0.496 e. The van der Waals surface area contributed by atoms with Gasteiger partial charge >= 0.3 is 0 Å². The molecule has 0 fully saturated rings. The zero-order valence-electron chi connectivity index (χ0n) is 11.5. The second-order valence-electron chi connectivity index (χ2n) is 4.26. The molecule has 0 aliphatic carbocycles. The number of ether oxygens (including phenoxy) is 1. The van der Waals surface area contributed by atoms with E-state index in [2.05, 4.69) is 10.9 Å². The number of carbonyl (C=O) groups excluding carboxylic acids is 2. The van der Waals surface area contributed by atoms with Crippen molar-refractivity contribution in [2.24, 2.45) is 0 Å². The molecule has 0 heterocycles. The Hall–Kier alpha value is -2.60. The average Bonchev–Trinajstić information content (AvgIpc) is 2.52. The van der Waals surface area contributed by atoms with Gasteiger partial charge in [0.05, 0.1) is 12.7 Å². The van der Waals surface area contributed by atoms with Crippen LogP contribution in [0.25, 0.3) is 0 Å². The molecular formula is C15H12ClFN2O3. The molecule has 0 spiro atoms. The van der Waals surface area contributed by atoms with Gasteiger partial charge in [0.1, 0.15) is 11.6 Å². The lowest BCUT2D eigenvalue weighted by atomic mass is 10.2. The maximum atomic E-state index is 13.0. The van der Waals surface area contributed by atoms with Crippen LogP contribution in [0.4, 0.5) is 4.39 Å². The fraction of sp³-hybridized carbons (Fsp3) is 0.0667. The summed E-state index contributed by atoms with van der Waals surface area (Å²) in [6.07, 6.45) is 0. The number of rotatable bonds is 3. The lowest BCUT2D eigenvalue weighted by molar-refractivity contribution is 0.0844. The van der Waals surface area contributed by atoms with Gasteiger partial charge in [-0.25, -0.2) is 4.39 Å². The number of hydrogen-bond acceptors (Lipinski definition) is 3. The zero-order chi connectivity index (χ0) is 16.1. The second kappa shape index (κ2) is 6.91. The first-order chi connectivity index (χ1) is 10.5. The smallest absolute Gasteiger partial charge is 0.273 e. The lowest BCUT2D eigenvalue weighted by Crippen LogP contribution is -2.41. The molecule has 0 radical (unpaired) electrons. The third kappa shape index (κ3) is 3.73. The van der Waals surface area contributed by atoms with Crippen molar-refractivity contribution in [3.05, 3.63) is 64.4 Å². The SMILES string of the molecule is COc1cc(Cl)ccc1C(=O)NNC(=O)c1cccc(F)c1. The molecule has 2 rings (SSSR count). The molecule has 2 aromatic rings. The van der Waals surface area contributed by atoms with E-state index in [4.69, 9.17) is 16.3 Å². The molecule has 2 N–H and O–H groups in total. The van der Waals surface area contributed by atoms with Crippen LogP contribution in [0.5, 0.6) is 5.75 Å². The molecule has 2 amide bonds. The third-order valence-electron chi connectivity index (χ3n) is 2.78. The maximum Gasteiger partial charge on any atom is 0.273 e. The summed E-state index contributed by atoms with van der Waals surface area (Å²) in [7, 11) is 1.40. The van der Waals surface area contributed by atoms with Crippen LogP contribution in [0, 0.1) is 5.82 Å². The van der Waals surface area contributed by atoms with Gasteiger partial charge in [-0.1, -0.05) is 17.7 Å². The van der Waals surface area contributed by atoms with Gasteiger partial charge in [-0.05, 0) is 36.4 Å². The number of benzene rings is 2. The Kier molecular flexibility index (Phi) is 4.95. The molecule has 0 aromatic heterocycles. The summed E-state index contributed by atoms with van der Waals surface area (Å²) in [4.78, 5) is 23.8. The Balaban J connectivity index is 2.05. The van der Waals surface area contributed by atoms with Gasteiger partial charge < -0.3 is 4.74 Å². The maximum absolute atomic E-state index is 13.0. The molecule has 2 aromatic carbocycles. The average molecular weight is 323 g/mol. The fourth-order valence-corrected chi connectivity index (χ4v) is 1.90. The molecular weight excluding hydrogens is 311 g/mol. The van der Waals surface area contributed by atoms with E-state index in [-0.39, 0.29) is 16.9 Å². The zero-order valence-corrected chi connectivity index (χ0v) is 12.3. The number of amides is 2. The van der Waals surface area contributed by atoms with E-state index in [0.29, 0.717) is 5.02 Å². The van der Waals surface area contributed by atoms with Crippen molar-refractivity contribution >= 4 is 23.4 Å². The predicted octanol–water partition coefficient (Wildman–Crippen LogP) is 2.56. The number of methoxy groups -OCH3 is 1. The topological polar surface area (TPSA) is 67.4 Å². The summed E-state index contributed by atoms with van der Waals surface area (Å²) in [5.74, 6) is -1.50. The molecule has 7 heteroatoms. The highest BCUT2D eigenvalue weighted by molar-refractivity contribution is 6.30. The van der Waals surface area contributed by atoms with E-state index in [0.717, 1.165) is 6.07 Å². The lowest BCUT2D eigenvalue weighted by Gasteiger charge is -2.10. The van der Waals surface area contributed by atoms with Crippen molar-refractivity contribution in [3.8, 4) is 5.75 Å². The first kappa shape index (κ1) is 15.8. The van der Waals surface area contributed by atoms with Crippen LogP contribution in [0.2, 0.25) is 5.02 Å². The van der Waals surface area contributed by atoms with Gasteiger partial charge in [-0.15, -0.1) is 0 Å². The van der Waals surface area contributed by atoms with Crippen LogP contribution >= 0.6 is 11.6 Å². The fourth-order valence-electron chi connectivity index (χ4n) is 1.74. The third-order valence-corrected chi connectivity index (χ3v) is 3.02. The first-order valence-corrected chi connectivity index (χ1v) is 6.59. The summed E-state index contributed by atoms with van der Waals surface area (Å²) < 4.78 is 18.1. The van der Waals surface area contributed by atoms with Crippen LogP contribution in [-0.2, 0) is 0 Å². The van der Waals surface area contributed by atoms with Crippen molar-refractivity contribution < 1.29 is 18.7 Å². The summed E-state index contributed by atoms with van der Waals surface area (Å²) in [5.41, 5.74) is 4.71. The van der Waals surface area contributed by atoms with E-state index >= 15 is 0 Å². The number of hydrogen-bond donors (Lipinski definition) is 2. The van der Waals surface area contributed by atoms with Crippen LogP contribution < -0.4 is 15.6 Å². The van der Waals surface area contributed by atoms with E-state index in [1.165, 1.54) is 43.5 Å². The summed E-state index contributed by atoms with van der Waals surface area (Å²) in [6.45, 7) is 0. The molecule has 114 valence electrons. The van der Waals surface area contributed by atoms with Crippen LogP contribution in [0.1, 0.15) is 20.7 Å². The molecule has 0 aliphatic rings. The molecule has 0 saturated heterocycles. The van der Waals surface area contributed by atoms with Crippen LogP contribution in [0.3, 0.4) is 0 Å². The molecule has 0 unspecified atom stereocenters. The van der Waals surface area contributed by atoms with Gasteiger partial charge in [0.15, 0.2) is 0 Å². The minimum absolute atomic E-state index is 0.0865. The largest absolute Gasteiger partial charge is 0.496 e. The highest BCUT2D eigenvalue weighted by Crippen LogP contribution is 2.22. The molecule has 0 bridgehead atoms. The molecule has 0 atom stereocenters. The van der Waals surface area contributed by atoms with Crippen molar-refractivity contribution in [3.63, 3.8) is 0 Å². The standard InChI is InChI=1S/C15H12ClFN2O3/c1-22-13-8-10(16)5-6-12(13)15(21)19-18-14(20)9-3-2-4-11(17)7-9/h2-8H,1H3,(H,18,20)(H,19,21). The second-order valence-corrected chi connectivity index (χ2v) is 4.70. The summed E-state index contributed by atoms with van der Waals surface area (Å²) in [6, 6.07) is 9.56. The van der Waals surface area contributed by atoms with Crippen molar-refractivity contribution in [1.82, 2.24) is 10.9 Å². The van der Waals surface area contributed by atoms with Gasteiger partial charge in [0.25, 0.3) is 11.8 Å². The van der Waals surface area contributed by atoms with Gasteiger partial charge in [-0.3, -0.25) is 20.4 Å². The Morgan fingerprint density at radius 2 is 1.82 bits per heavy atom. The number of halogens is 2. The van der Waals surface area contributed by atoms with Crippen LogP contribution in [-0.4, -0.2) is 18.9 Å². The normalized spacial score (nSPS) is 9.95. The monoisotopic (exact) mass is 322 g/mol. The highest BCUT2D eigenvalue weighted by atomic mass is 35.5. The van der Waals surface area contributed by atoms with Gasteiger partial charge in [0.2, 0.25) is 0 Å². The molecule has 22 heavy (non-hydrogen) atoms. The number of hydrazine groups is 1. The Labute approximate surface area is 131 Å². The molecule has 0 saturated carbocycles. The summed E-state index contributed by atoms with van der Waals surface area (Å²) in [5, 5.41) is 0.414. The quantitative estimate of drug-likeness (QED) is 0.853. The first-order valence-electron chi connectivity index (χ1n) is 6.21.